The van der Waals surface area contributed by atoms with Crippen molar-refractivity contribution < 1.29 is 13.9 Å². The number of aromatic nitrogens is 1. The maximum Gasteiger partial charge on any atom is 0.414 e. The highest BCUT2D eigenvalue weighted by Gasteiger charge is 2.10. The first-order valence-electron chi connectivity index (χ1n) is 5.74. The Kier molecular flexibility index (Phi) is 4.11. The predicted octanol–water partition coefficient (Wildman–Crippen LogP) is 3.45. The number of carbonyl (C=O) groups is 1. The molecule has 0 fully saturated rings. The Morgan fingerprint density at radius 2 is 2.05 bits per heavy atom. The maximum absolute atomic E-state index is 12.8. The SMILES string of the molecule is CC(C)NC(=O)Oc1nc(-c2ccc(F)cc2)cs1. The fourth-order valence-corrected chi connectivity index (χ4v) is 2.08. The number of rotatable bonds is 3. The van der Waals surface area contributed by atoms with Crippen LogP contribution >= 0.6 is 11.3 Å². The Morgan fingerprint density at radius 3 is 2.68 bits per heavy atom. The smallest absolute Gasteiger partial charge is 0.381 e. The number of nitrogens with one attached hydrogen (secondary N) is 1. The first-order valence-corrected chi connectivity index (χ1v) is 6.62. The normalized spacial score (nSPS) is 10.5. The van der Waals surface area contributed by atoms with Crippen LogP contribution in [0.15, 0.2) is 29.6 Å². The van der Waals surface area contributed by atoms with E-state index in [1.807, 2.05) is 13.8 Å². The van der Waals surface area contributed by atoms with Crippen LogP contribution in [0.4, 0.5) is 9.18 Å². The van der Waals surface area contributed by atoms with E-state index in [1.54, 1.807) is 17.5 Å². The lowest BCUT2D eigenvalue weighted by Gasteiger charge is -2.06. The van der Waals surface area contributed by atoms with Gasteiger partial charge in [-0.05, 0) is 38.1 Å². The molecule has 0 aliphatic heterocycles. The number of hydrogen-bond acceptors (Lipinski definition) is 4. The standard InChI is InChI=1S/C13H13FN2O2S/c1-8(2)15-12(17)18-13-16-11(7-19-13)9-3-5-10(14)6-4-9/h3-8H,1-2H3,(H,15,17). The van der Waals surface area contributed by atoms with E-state index in [4.69, 9.17) is 4.74 Å². The van der Waals surface area contributed by atoms with Crippen molar-refractivity contribution in [3.8, 4) is 16.5 Å². The van der Waals surface area contributed by atoms with Crippen LogP contribution in [0.2, 0.25) is 0 Å². The molecule has 1 aromatic heterocycles. The van der Waals surface area contributed by atoms with Crippen molar-refractivity contribution in [2.75, 3.05) is 0 Å². The highest BCUT2D eigenvalue weighted by atomic mass is 32.1. The maximum atomic E-state index is 12.8. The average Bonchev–Trinajstić information content (AvgIpc) is 2.77. The van der Waals surface area contributed by atoms with E-state index >= 15 is 0 Å². The zero-order chi connectivity index (χ0) is 13.8. The largest absolute Gasteiger partial charge is 0.414 e. The van der Waals surface area contributed by atoms with Crippen molar-refractivity contribution >= 4 is 17.4 Å². The van der Waals surface area contributed by atoms with Crippen LogP contribution in [0.1, 0.15) is 13.8 Å². The Hall–Kier alpha value is -1.95. The molecule has 4 nitrogen and oxygen atoms in total. The van der Waals surface area contributed by atoms with Gasteiger partial charge in [-0.1, -0.05) is 11.3 Å². The van der Waals surface area contributed by atoms with Crippen molar-refractivity contribution in [1.29, 1.82) is 0 Å². The molecule has 19 heavy (non-hydrogen) atoms. The first kappa shape index (κ1) is 13.5. The molecule has 0 bridgehead atoms. The molecule has 1 N–H and O–H groups in total. The van der Waals surface area contributed by atoms with Crippen molar-refractivity contribution in [2.45, 2.75) is 19.9 Å². The third-order valence-electron chi connectivity index (χ3n) is 2.21. The van der Waals surface area contributed by atoms with Crippen molar-refractivity contribution in [3.05, 3.63) is 35.5 Å². The van der Waals surface area contributed by atoms with Crippen LogP contribution in [0.3, 0.4) is 0 Å². The highest BCUT2D eigenvalue weighted by molar-refractivity contribution is 7.11. The van der Waals surface area contributed by atoms with Gasteiger partial charge >= 0.3 is 6.09 Å². The fraction of sp³-hybridized carbons (Fsp3) is 0.231. The van der Waals surface area contributed by atoms with Gasteiger partial charge < -0.3 is 10.1 Å². The lowest BCUT2D eigenvalue weighted by atomic mass is 10.2. The molecule has 0 aliphatic carbocycles. The van der Waals surface area contributed by atoms with Gasteiger partial charge in [0.25, 0.3) is 5.19 Å². The molecule has 0 saturated carbocycles. The Labute approximate surface area is 114 Å². The number of nitrogens with zero attached hydrogens (tertiary/aromatic N) is 1. The number of thiazole rings is 1. The molecule has 2 rings (SSSR count). The van der Waals surface area contributed by atoms with Gasteiger partial charge in [0.1, 0.15) is 5.82 Å². The molecular formula is C13H13FN2O2S. The highest BCUT2D eigenvalue weighted by Crippen LogP contribution is 2.26. The molecule has 0 radical (unpaired) electrons. The summed E-state index contributed by atoms with van der Waals surface area (Å²) >= 11 is 1.22. The molecule has 1 amide bonds. The average molecular weight is 280 g/mol. The first-order chi connectivity index (χ1) is 9.04. The molecule has 2 aromatic rings. The van der Waals surface area contributed by atoms with Crippen molar-refractivity contribution in [2.24, 2.45) is 0 Å². The molecule has 0 spiro atoms. The molecule has 1 aromatic carbocycles. The van der Waals surface area contributed by atoms with Crippen LogP contribution in [-0.2, 0) is 0 Å². The van der Waals surface area contributed by atoms with Crippen LogP contribution in [0, 0.1) is 5.82 Å². The summed E-state index contributed by atoms with van der Waals surface area (Å²) in [6.07, 6.45) is -0.532. The van der Waals surface area contributed by atoms with E-state index < -0.39 is 6.09 Å². The van der Waals surface area contributed by atoms with Gasteiger partial charge in [0.15, 0.2) is 0 Å². The zero-order valence-corrected chi connectivity index (χ0v) is 11.3. The lowest BCUT2D eigenvalue weighted by Crippen LogP contribution is -2.32. The van der Waals surface area contributed by atoms with Gasteiger partial charge in [-0.2, -0.15) is 0 Å². The second-order valence-electron chi connectivity index (χ2n) is 4.19. The molecular weight excluding hydrogens is 267 g/mol. The summed E-state index contributed by atoms with van der Waals surface area (Å²) in [5.74, 6) is -0.299. The van der Waals surface area contributed by atoms with Gasteiger partial charge in [-0.25, -0.2) is 14.2 Å². The quantitative estimate of drug-likeness (QED) is 0.937. The summed E-state index contributed by atoms with van der Waals surface area (Å²) in [6.45, 7) is 3.68. The minimum Gasteiger partial charge on any atom is -0.381 e. The second kappa shape index (κ2) is 5.79. The minimum atomic E-state index is -0.532. The number of hydrogen-bond donors (Lipinski definition) is 1. The van der Waals surface area contributed by atoms with Crippen LogP contribution in [0.5, 0.6) is 5.19 Å². The van der Waals surface area contributed by atoms with Gasteiger partial charge in [-0.3, -0.25) is 0 Å². The predicted molar refractivity (Wildman–Crippen MR) is 71.8 cm³/mol. The van der Waals surface area contributed by atoms with Gasteiger partial charge in [-0.15, -0.1) is 0 Å². The summed E-state index contributed by atoms with van der Waals surface area (Å²) in [7, 11) is 0. The lowest BCUT2D eigenvalue weighted by molar-refractivity contribution is 0.197. The Bertz CT molecular complexity index is 566. The third-order valence-corrected chi connectivity index (χ3v) is 2.93. The molecule has 0 atom stereocenters. The summed E-state index contributed by atoms with van der Waals surface area (Å²) in [6, 6.07) is 5.98. The van der Waals surface area contributed by atoms with E-state index in [0.29, 0.717) is 5.69 Å². The van der Waals surface area contributed by atoms with Crippen LogP contribution in [-0.4, -0.2) is 17.1 Å². The number of carbonyl (C=O) groups excluding carboxylic acids is 1. The molecule has 0 aliphatic rings. The molecule has 1 heterocycles. The fourth-order valence-electron chi connectivity index (χ4n) is 1.40. The summed E-state index contributed by atoms with van der Waals surface area (Å²) in [4.78, 5) is 15.6. The van der Waals surface area contributed by atoms with Gasteiger partial charge in [0.2, 0.25) is 0 Å². The van der Waals surface area contributed by atoms with E-state index in [-0.39, 0.29) is 17.1 Å². The summed E-state index contributed by atoms with van der Waals surface area (Å²) < 4.78 is 17.8. The third kappa shape index (κ3) is 3.75. The molecule has 0 saturated heterocycles. The van der Waals surface area contributed by atoms with Crippen LogP contribution < -0.4 is 10.1 Å². The number of ether oxygens (including phenoxy) is 1. The molecule has 100 valence electrons. The van der Waals surface area contributed by atoms with E-state index in [2.05, 4.69) is 10.3 Å². The monoisotopic (exact) mass is 280 g/mol. The number of amides is 1. The number of benzene rings is 1. The minimum absolute atomic E-state index is 0.00373. The Balaban J connectivity index is 2.07. The topological polar surface area (TPSA) is 51.2 Å². The van der Waals surface area contributed by atoms with Gasteiger partial charge in [0.05, 0.1) is 5.69 Å². The van der Waals surface area contributed by atoms with E-state index in [0.717, 1.165) is 5.56 Å². The molecule has 0 unspecified atom stereocenters. The number of halogens is 1. The van der Waals surface area contributed by atoms with Gasteiger partial charge in [0, 0.05) is 17.0 Å². The van der Waals surface area contributed by atoms with Crippen molar-refractivity contribution in [1.82, 2.24) is 10.3 Å². The molecule has 6 heteroatoms. The van der Waals surface area contributed by atoms with E-state index in [1.165, 1.54) is 23.5 Å². The Morgan fingerprint density at radius 1 is 1.37 bits per heavy atom. The van der Waals surface area contributed by atoms with Crippen molar-refractivity contribution in [3.63, 3.8) is 0 Å². The van der Waals surface area contributed by atoms with Crippen LogP contribution in [0.25, 0.3) is 11.3 Å². The second-order valence-corrected chi connectivity index (χ2v) is 5.01. The zero-order valence-electron chi connectivity index (χ0n) is 10.5. The van der Waals surface area contributed by atoms with E-state index in [9.17, 15) is 9.18 Å². The summed E-state index contributed by atoms with van der Waals surface area (Å²) in [5, 5.41) is 4.62. The summed E-state index contributed by atoms with van der Waals surface area (Å²) in [5.41, 5.74) is 1.43.